The van der Waals surface area contributed by atoms with E-state index in [9.17, 15) is 0 Å². The van der Waals surface area contributed by atoms with E-state index in [0.29, 0.717) is 22.7 Å². The Bertz CT molecular complexity index is 1540. The zero-order chi connectivity index (χ0) is 30.2. The fourth-order valence-electron chi connectivity index (χ4n) is 8.88. The summed E-state index contributed by atoms with van der Waals surface area (Å²) >= 11 is 6.31. The summed E-state index contributed by atoms with van der Waals surface area (Å²) in [5.74, 6) is 2.42. The molecular formula is C37H44ClN5. The number of rotatable bonds is 4. The van der Waals surface area contributed by atoms with Crippen LogP contribution in [0.1, 0.15) is 92.9 Å². The third-order valence-electron chi connectivity index (χ3n) is 12.9. The lowest BCUT2D eigenvalue weighted by Crippen LogP contribution is -2.27. The van der Waals surface area contributed by atoms with Crippen LogP contribution in [0, 0.1) is 33.5 Å². The van der Waals surface area contributed by atoms with Gasteiger partial charge in [-0.25, -0.2) is 0 Å². The number of fused-ring (bicyclic) bond motifs is 4. The van der Waals surface area contributed by atoms with E-state index in [2.05, 4.69) is 115 Å². The second kappa shape index (κ2) is 9.96. The molecule has 0 saturated heterocycles. The average molecular weight is 594 g/mol. The number of hydrogen-bond acceptors (Lipinski definition) is 5. The van der Waals surface area contributed by atoms with Crippen molar-refractivity contribution in [1.29, 1.82) is 0 Å². The van der Waals surface area contributed by atoms with Gasteiger partial charge in [-0.3, -0.25) is 0 Å². The third kappa shape index (κ3) is 4.63. The predicted octanol–water partition coefficient (Wildman–Crippen LogP) is 9.63. The standard InChI is InChI=1S/C37H44ClN5/c1-34(2)25-15-17-36(34,5)27(21-25)19-23-7-11-29(12-8-23)39-32-41-31(38)42-33(43-32)40-30-13-9-24(10-14-30)20-28-22-26-16-18-37(28,6)35(26,3)4/h7,9,11-14,25-26H,8,10,15-18,21-22H2,1-6H3,(H2,39,40,41,42,43). The molecule has 43 heavy (non-hydrogen) atoms. The van der Waals surface area contributed by atoms with Crippen LogP contribution in [-0.2, 0) is 0 Å². The fraction of sp³-hybridized carbons (Fsp3) is 0.541. The monoisotopic (exact) mass is 593 g/mol. The molecule has 4 atom stereocenters. The molecule has 5 nitrogen and oxygen atoms in total. The number of allylic oxidation sites excluding steroid dienone is 8. The molecule has 4 bridgehead atoms. The van der Waals surface area contributed by atoms with Gasteiger partial charge in [0.1, 0.15) is 0 Å². The number of nitrogens with zero attached hydrogens (tertiary/aromatic N) is 3. The van der Waals surface area contributed by atoms with Crippen LogP contribution in [0.5, 0.6) is 0 Å². The van der Waals surface area contributed by atoms with Crippen LogP contribution in [-0.4, -0.2) is 15.0 Å². The van der Waals surface area contributed by atoms with E-state index < -0.39 is 0 Å². The van der Waals surface area contributed by atoms with Crippen molar-refractivity contribution >= 4 is 23.5 Å². The zero-order valence-electron chi connectivity index (χ0n) is 26.5. The lowest BCUT2D eigenvalue weighted by Gasteiger charge is -2.34. The summed E-state index contributed by atoms with van der Waals surface area (Å²) in [6.45, 7) is 14.7. The van der Waals surface area contributed by atoms with E-state index in [4.69, 9.17) is 11.6 Å². The van der Waals surface area contributed by atoms with E-state index in [1.807, 2.05) is 0 Å². The Morgan fingerprint density at radius 2 is 1.12 bits per heavy atom. The quantitative estimate of drug-likeness (QED) is 0.340. The van der Waals surface area contributed by atoms with Crippen LogP contribution < -0.4 is 10.6 Å². The molecule has 0 radical (unpaired) electrons. The molecule has 4 fully saturated rings. The molecule has 1 aromatic heterocycles. The summed E-state index contributed by atoms with van der Waals surface area (Å²) in [5.41, 5.74) is 16.3. The van der Waals surface area contributed by atoms with Gasteiger partial charge in [-0.15, -0.1) is 11.5 Å². The summed E-state index contributed by atoms with van der Waals surface area (Å²) in [6.07, 6.45) is 22.1. The first-order valence-corrected chi connectivity index (χ1v) is 16.5. The van der Waals surface area contributed by atoms with Crippen molar-refractivity contribution < 1.29 is 0 Å². The van der Waals surface area contributed by atoms with Gasteiger partial charge in [0, 0.05) is 22.2 Å². The van der Waals surface area contributed by atoms with Crippen LogP contribution in [0.2, 0.25) is 5.28 Å². The highest BCUT2D eigenvalue weighted by molar-refractivity contribution is 6.28. The Kier molecular flexibility index (Phi) is 6.64. The van der Waals surface area contributed by atoms with E-state index >= 15 is 0 Å². The molecule has 2 N–H and O–H groups in total. The summed E-state index contributed by atoms with van der Waals surface area (Å²) in [6, 6.07) is 0. The second-order valence-corrected chi connectivity index (χ2v) is 15.5. The van der Waals surface area contributed by atoms with Crippen LogP contribution in [0.3, 0.4) is 0 Å². The van der Waals surface area contributed by atoms with Crippen LogP contribution in [0.15, 0.2) is 81.6 Å². The Balaban J connectivity index is 1.01. The topological polar surface area (TPSA) is 62.7 Å². The average Bonchev–Trinajstić information content (AvgIpc) is 3.47. The second-order valence-electron chi connectivity index (χ2n) is 15.1. The van der Waals surface area contributed by atoms with Gasteiger partial charge in [-0.2, -0.15) is 15.0 Å². The van der Waals surface area contributed by atoms with Gasteiger partial charge in [0.05, 0.1) is 0 Å². The SMILES string of the molecule is CC12CCC(CC1=C=C1C=CC(Nc3nc(Cl)nc(NC4=CCC(=C=C5CC6CCC5(C)C6(C)C)C=C4)n3)=CC1)C2(C)C. The number of nitrogens with one attached hydrogen (secondary N) is 2. The minimum Gasteiger partial charge on any atom is -0.324 e. The van der Waals surface area contributed by atoms with Crippen molar-refractivity contribution in [2.24, 2.45) is 33.5 Å². The van der Waals surface area contributed by atoms with Crippen molar-refractivity contribution in [3.8, 4) is 0 Å². The Hall–Kier alpha value is -3.10. The highest BCUT2D eigenvalue weighted by Crippen LogP contribution is 2.68. The maximum atomic E-state index is 6.31. The lowest BCUT2D eigenvalue weighted by atomic mass is 9.69. The Labute approximate surface area is 261 Å². The molecule has 6 heteroatoms. The highest BCUT2D eigenvalue weighted by atomic mass is 35.5. The maximum absolute atomic E-state index is 6.31. The number of anilines is 2. The minimum atomic E-state index is 0.149. The predicted molar refractivity (Wildman–Crippen MR) is 175 cm³/mol. The molecule has 6 aliphatic rings. The fourth-order valence-corrected chi connectivity index (χ4v) is 9.04. The molecule has 4 saturated carbocycles. The van der Waals surface area contributed by atoms with Crippen LogP contribution >= 0.6 is 11.6 Å². The van der Waals surface area contributed by atoms with Gasteiger partial charge in [0.25, 0.3) is 0 Å². The molecule has 4 unspecified atom stereocenters. The maximum Gasteiger partial charge on any atom is 0.233 e. The number of halogens is 1. The van der Waals surface area contributed by atoms with Crippen molar-refractivity contribution in [2.75, 3.05) is 10.6 Å². The van der Waals surface area contributed by atoms with E-state index in [1.165, 1.54) is 60.8 Å². The lowest BCUT2D eigenvalue weighted by molar-refractivity contribution is 0.179. The van der Waals surface area contributed by atoms with Gasteiger partial charge in [0.15, 0.2) is 0 Å². The van der Waals surface area contributed by atoms with Crippen molar-refractivity contribution in [3.63, 3.8) is 0 Å². The molecule has 6 aliphatic carbocycles. The smallest absolute Gasteiger partial charge is 0.233 e. The largest absolute Gasteiger partial charge is 0.324 e. The zero-order valence-corrected chi connectivity index (χ0v) is 27.3. The molecule has 0 amide bonds. The summed E-state index contributed by atoms with van der Waals surface area (Å²) in [5, 5.41) is 6.78. The van der Waals surface area contributed by atoms with Crippen LogP contribution in [0.4, 0.5) is 11.9 Å². The molecule has 1 heterocycles. The van der Waals surface area contributed by atoms with E-state index in [1.54, 1.807) is 0 Å². The third-order valence-corrected chi connectivity index (χ3v) is 13.0. The van der Waals surface area contributed by atoms with Gasteiger partial charge in [0.2, 0.25) is 17.2 Å². The van der Waals surface area contributed by atoms with Gasteiger partial charge >= 0.3 is 0 Å². The highest BCUT2D eigenvalue weighted by Gasteiger charge is 2.59. The van der Waals surface area contributed by atoms with E-state index in [-0.39, 0.29) is 16.1 Å². The van der Waals surface area contributed by atoms with Gasteiger partial charge in [-0.05, 0) is 132 Å². The molecule has 224 valence electrons. The summed E-state index contributed by atoms with van der Waals surface area (Å²) < 4.78 is 0. The number of hydrogen-bond donors (Lipinski definition) is 2. The summed E-state index contributed by atoms with van der Waals surface area (Å²) in [7, 11) is 0. The van der Waals surface area contributed by atoms with Crippen molar-refractivity contribution in [2.45, 2.75) is 92.9 Å². The Morgan fingerprint density at radius 1 is 0.674 bits per heavy atom. The first-order chi connectivity index (χ1) is 20.4. The molecule has 1 aromatic rings. The van der Waals surface area contributed by atoms with Gasteiger partial charge in [-0.1, -0.05) is 53.7 Å². The van der Waals surface area contributed by atoms with Crippen LogP contribution in [0.25, 0.3) is 0 Å². The normalized spacial score (nSPS) is 33.0. The van der Waals surface area contributed by atoms with Crippen molar-refractivity contribution in [3.05, 3.63) is 86.9 Å². The molecule has 0 spiro atoms. The molecule has 0 aliphatic heterocycles. The van der Waals surface area contributed by atoms with Crippen molar-refractivity contribution in [1.82, 2.24) is 15.0 Å². The molecular weight excluding hydrogens is 550 g/mol. The molecule has 7 rings (SSSR count). The first-order valence-electron chi connectivity index (χ1n) is 16.1. The first kappa shape index (κ1) is 28.7. The molecule has 0 aromatic carbocycles. The Morgan fingerprint density at radius 3 is 1.44 bits per heavy atom. The number of aromatic nitrogens is 3. The van der Waals surface area contributed by atoms with E-state index in [0.717, 1.165) is 36.1 Å². The summed E-state index contributed by atoms with van der Waals surface area (Å²) in [4.78, 5) is 13.2. The minimum absolute atomic E-state index is 0.149. The van der Waals surface area contributed by atoms with Gasteiger partial charge < -0.3 is 10.6 Å².